The van der Waals surface area contributed by atoms with Crippen LogP contribution >= 0.6 is 0 Å². The van der Waals surface area contributed by atoms with Crippen LogP contribution in [-0.4, -0.2) is 4.57 Å². The lowest BCUT2D eigenvalue weighted by molar-refractivity contribution is 0.669. The molecule has 0 spiro atoms. The van der Waals surface area contributed by atoms with E-state index in [9.17, 15) is 0 Å². The summed E-state index contributed by atoms with van der Waals surface area (Å²) in [7, 11) is 0. The number of benzene rings is 9. The highest BCUT2D eigenvalue weighted by molar-refractivity contribution is 6.14. The lowest BCUT2D eigenvalue weighted by Crippen LogP contribution is -2.10. The summed E-state index contributed by atoms with van der Waals surface area (Å²) in [5.41, 5.74) is 13.9. The van der Waals surface area contributed by atoms with E-state index in [-0.39, 0.29) is 0 Å². The highest BCUT2D eigenvalue weighted by Gasteiger charge is 2.25. The molecule has 0 unspecified atom stereocenters. The number of aromatic nitrogens is 1. The molecule has 0 radical (unpaired) electrons. The Morgan fingerprint density at radius 3 is 1.66 bits per heavy atom. The van der Waals surface area contributed by atoms with Gasteiger partial charge in [0.1, 0.15) is 5.58 Å². The first-order chi connectivity index (χ1) is 26.3. The Balaban J connectivity index is 0.975. The minimum Gasteiger partial charge on any atom is -0.454 e. The van der Waals surface area contributed by atoms with Gasteiger partial charge in [0.2, 0.25) is 0 Å². The van der Waals surface area contributed by atoms with Gasteiger partial charge in [-0.1, -0.05) is 97.1 Å². The molecule has 246 valence electrons. The van der Waals surface area contributed by atoms with Crippen LogP contribution in [0.4, 0.5) is 17.1 Å². The van der Waals surface area contributed by atoms with E-state index in [1.54, 1.807) is 0 Å². The number of para-hydroxylation sites is 5. The molecule has 12 rings (SSSR count). The van der Waals surface area contributed by atoms with Crippen LogP contribution in [0.2, 0.25) is 0 Å². The summed E-state index contributed by atoms with van der Waals surface area (Å²) in [6, 6.07) is 65.9. The molecule has 53 heavy (non-hydrogen) atoms. The van der Waals surface area contributed by atoms with Gasteiger partial charge in [-0.05, 0) is 129 Å². The molecule has 3 nitrogen and oxygen atoms in total. The lowest BCUT2D eigenvalue weighted by Gasteiger charge is -2.28. The van der Waals surface area contributed by atoms with Crippen LogP contribution in [0.5, 0.6) is 0 Å². The maximum absolute atomic E-state index is 6.54. The molecule has 0 aliphatic heterocycles. The summed E-state index contributed by atoms with van der Waals surface area (Å²) in [6.07, 6.45) is 0. The number of nitrogens with zero attached hydrogens (tertiary/aromatic N) is 2. The fraction of sp³-hybridized carbons (Fsp3) is 0. The van der Waals surface area contributed by atoms with Crippen molar-refractivity contribution >= 4 is 82.4 Å². The fourth-order valence-corrected chi connectivity index (χ4v) is 8.79. The Morgan fingerprint density at radius 2 is 0.943 bits per heavy atom. The van der Waals surface area contributed by atoms with Gasteiger partial charge in [0.25, 0.3) is 0 Å². The zero-order valence-electron chi connectivity index (χ0n) is 28.6. The molecular formula is C50H30N2O. The summed E-state index contributed by atoms with van der Waals surface area (Å²) in [4.78, 5) is 2.32. The van der Waals surface area contributed by atoms with Gasteiger partial charge in [0.05, 0.1) is 16.7 Å². The summed E-state index contributed by atoms with van der Waals surface area (Å²) in [5.74, 6) is 0. The van der Waals surface area contributed by atoms with E-state index >= 15 is 0 Å². The standard InChI is InChI=1S/C50H30N2O/c1-2-11-35(12-3-1)51(48-19-10-16-41-40-15-6-9-20-49(40)53-50(41)48)36-23-21-31-27-42-44(29-33(31)25-36)43-28-32-22-24-37(26-34(32)30-45(42)43)52-46-17-7-4-13-38(46)39-14-5-8-18-47(39)52/h1-30H. The van der Waals surface area contributed by atoms with E-state index in [1.165, 1.54) is 71.3 Å². The van der Waals surface area contributed by atoms with E-state index in [0.717, 1.165) is 39.0 Å². The predicted octanol–water partition coefficient (Wildman–Crippen LogP) is 14.1. The second-order valence-electron chi connectivity index (χ2n) is 14.2. The Bertz CT molecular complexity index is 3240. The number of furan rings is 1. The van der Waals surface area contributed by atoms with Gasteiger partial charge in [-0.25, -0.2) is 0 Å². The van der Waals surface area contributed by atoms with Gasteiger partial charge >= 0.3 is 0 Å². The molecule has 0 bridgehead atoms. The number of hydrogen-bond acceptors (Lipinski definition) is 2. The Kier molecular flexibility index (Phi) is 5.77. The van der Waals surface area contributed by atoms with Crippen molar-refractivity contribution in [1.29, 1.82) is 0 Å². The zero-order chi connectivity index (χ0) is 34.6. The van der Waals surface area contributed by atoms with E-state index in [0.29, 0.717) is 0 Å². The van der Waals surface area contributed by atoms with E-state index in [2.05, 4.69) is 179 Å². The largest absolute Gasteiger partial charge is 0.454 e. The first kappa shape index (κ1) is 28.6. The van der Waals surface area contributed by atoms with Crippen LogP contribution in [0.15, 0.2) is 186 Å². The van der Waals surface area contributed by atoms with Crippen LogP contribution in [-0.2, 0) is 0 Å². The summed E-state index contributed by atoms with van der Waals surface area (Å²) < 4.78 is 8.93. The molecule has 1 aliphatic carbocycles. The van der Waals surface area contributed by atoms with Gasteiger partial charge in [-0.3, -0.25) is 0 Å². The first-order valence-corrected chi connectivity index (χ1v) is 18.2. The molecule has 0 saturated heterocycles. The SMILES string of the molecule is c1ccc(N(c2ccc3cc4c(cc3c2)-c2cc3ccc(-n5c6ccccc6c6ccccc65)cc3cc2-4)c2cccc3c2oc2ccccc23)cc1. The molecule has 0 atom stereocenters. The van der Waals surface area contributed by atoms with Crippen LogP contribution in [0.1, 0.15) is 0 Å². The van der Waals surface area contributed by atoms with Crippen molar-refractivity contribution in [3.63, 3.8) is 0 Å². The molecule has 0 fully saturated rings. The van der Waals surface area contributed by atoms with Crippen LogP contribution in [0, 0.1) is 0 Å². The molecule has 0 amide bonds. The quantitative estimate of drug-likeness (QED) is 0.185. The number of hydrogen-bond donors (Lipinski definition) is 0. The maximum Gasteiger partial charge on any atom is 0.159 e. The molecule has 0 N–H and O–H groups in total. The minimum atomic E-state index is 0.886. The summed E-state index contributed by atoms with van der Waals surface area (Å²) >= 11 is 0. The van der Waals surface area contributed by atoms with Crippen molar-refractivity contribution in [2.24, 2.45) is 0 Å². The predicted molar refractivity (Wildman–Crippen MR) is 222 cm³/mol. The van der Waals surface area contributed by atoms with Crippen molar-refractivity contribution in [3.8, 4) is 27.9 Å². The van der Waals surface area contributed by atoms with Crippen molar-refractivity contribution in [3.05, 3.63) is 182 Å². The van der Waals surface area contributed by atoms with Crippen LogP contribution in [0.3, 0.4) is 0 Å². The summed E-state index contributed by atoms with van der Waals surface area (Å²) in [5, 5.41) is 9.75. The van der Waals surface area contributed by atoms with Crippen molar-refractivity contribution in [2.75, 3.05) is 4.90 Å². The molecule has 1 aliphatic rings. The number of anilines is 3. The highest BCUT2D eigenvalue weighted by Crippen LogP contribution is 2.51. The average Bonchev–Trinajstić information content (AvgIpc) is 3.76. The average molecular weight is 675 g/mol. The van der Waals surface area contributed by atoms with Gasteiger partial charge in [0.15, 0.2) is 5.58 Å². The molecule has 11 aromatic rings. The minimum absolute atomic E-state index is 0.886. The fourth-order valence-electron chi connectivity index (χ4n) is 8.79. The van der Waals surface area contributed by atoms with Crippen LogP contribution < -0.4 is 4.90 Å². The molecule has 2 aromatic heterocycles. The van der Waals surface area contributed by atoms with Gasteiger partial charge in [0, 0.05) is 38.6 Å². The molecule has 9 aromatic carbocycles. The Morgan fingerprint density at radius 1 is 0.377 bits per heavy atom. The van der Waals surface area contributed by atoms with Gasteiger partial charge in [-0.2, -0.15) is 0 Å². The number of fused-ring (bicyclic) bond motifs is 12. The highest BCUT2D eigenvalue weighted by atomic mass is 16.3. The van der Waals surface area contributed by atoms with Crippen LogP contribution in [0.25, 0.3) is 93.2 Å². The molecule has 0 saturated carbocycles. The molecular weight excluding hydrogens is 645 g/mol. The normalized spacial score (nSPS) is 12.2. The molecule has 2 heterocycles. The lowest BCUT2D eigenvalue weighted by atomic mass is 9.78. The second-order valence-corrected chi connectivity index (χ2v) is 14.2. The third-order valence-electron chi connectivity index (χ3n) is 11.2. The maximum atomic E-state index is 6.54. The van der Waals surface area contributed by atoms with Crippen molar-refractivity contribution in [1.82, 2.24) is 4.57 Å². The zero-order valence-corrected chi connectivity index (χ0v) is 28.6. The van der Waals surface area contributed by atoms with Crippen molar-refractivity contribution < 1.29 is 4.42 Å². The molecule has 3 heteroatoms. The third-order valence-corrected chi connectivity index (χ3v) is 11.2. The monoisotopic (exact) mass is 674 g/mol. The topological polar surface area (TPSA) is 21.3 Å². The second kappa shape index (κ2) is 10.7. The van der Waals surface area contributed by atoms with E-state index in [4.69, 9.17) is 4.42 Å². The summed E-state index contributed by atoms with van der Waals surface area (Å²) in [6.45, 7) is 0. The third kappa shape index (κ3) is 4.10. The Labute approximate surface area is 305 Å². The van der Waals surface area contributed by atoms with E-state index in [1.807, 2.05) is 12.1 Å². The first-order valence-electron chi connectivity index (χ1n) is 18.2. The smallest absolute Gasteiger partial charge is 0.159 e. The van der Waals surface area contributed by atoms with Crippen molar-refractivity contribution in [2.45, 2.75) is 0 Å². The number of rotatable bonds is 4. The Hall–Kier alpha value is -7.10. The van der Waals surface area contributed by atoms with E-state index < -0.39 is 0 Å². The van der Waals surface area contributed by atoms with Gasteiger partial charge in [-0.15, -0.1) is 0 Å². The van der Waals surface area contributed by atoms with Gasteiger partial charge < -0.3 is 13.9 Å².